The highest BCUT2D eigenvalue weighted by Gasteiger charge is 2.12. The molecule has 11 heteroatoms. The van der Waals surface area contributed by atoms with E-state index in [1.54, 1.807) is 72.8 Å². The normalized spacial score (nSPS) is 11.3. The van der Waals surface area contributed by atoms with Gasteiger partial charge in [-0.3, -0.25) is 9.59 Å². The number of ether oxygens (including phenoxy) is 5. The number of aromatic hydroxyl groups is 2. The Morgan fingerprint density at radius 1 is 0.469 bits per heavy atom. The first kappa shape index (κ1) is 33.3. The molecule has 0 saturated carbocycles. The molecule has 2 N–H and O–H groups in total. The van der Waals surface area contributed by atoms with Gasteiger partial charge in [-0.05, 0) is 72.8 Å². The Balaban J connectivity index is 0.802. The lowest BCUT2D eigenvalue weighted by atomic mass is 10.1. The minimum absolute atomic E-state index is 0.106. The highest BCUT2D eigenvalue weighted by atomic mass is 16.6. The third-order valence-corrected chi connectivity index (χ3v) is 7.48. The number of fused-ring (bicyclic) bond motifs is 2. The van der Waals surface area contributed by atoms with Crippen LogP contribution in [0.4, 0.5) is 0 Å². The molecule has 2 heterocycles. The number of hydrogen-bond acceptors (Lipinski definition) is 11. The summed E-state index contributed by atoms with van der Waals surface area (Å²) in [4.78, 5) is 24.9. The van der Waals surface area contributed by atoms with Crippen molar-refractivity contribution in [1.82, 2.24) is 0 Å². The summed E-state index contributed by atoms with van der Waals surface area (Å²) in [6, 6.07) is 26.5. The lowest BCUT2D eigenvalue weighted by Gasteiger charge is -2.10. The molecular formula is C38H34O11. The first-order chi connectivity index (χ1) is 24.0. The van der Waals surface area contributed by atoms with E-state index in [1.165, 1.54) is 24.3 Å². The second-order valence-electron chi connectivity index (χ2n) is 10.8. The lowest BCUT2D eigenvalue weighted by molar-refractivity contribution is 0.00499. The van der Waals surface area contributed by atoms with E-state index in [4.69, 9.17) is 32.5 Å². The van der Waals surface area contributed by atoms with Crippen molar-refractivity contribution in [3.63, 3.8) is 0 Å². The van der Waals surface area contributed by atoms with Crippen LogP contribution < -0.4 is 20.3 Å². The van der Waals surface area contributed by atoms with Crippen LogP contribution in [0, 0.1) is 0 Å². The molecule has 0 atom stereocenters. The molecule has 0 aliphatic carbocycles. The zero-order chi connectivity index (χ0) is 34.0. The maximum absolute atomic E-state index is 12.4. The lowest BCUT2D eigenvalue weighted by Crippen LogP contribution is -2.14. The van der Waals surface area contributed by atoms with Gasteiger partial charge in [0.05, 0.1) is 39.6 Å². The minimum Gasteiger partial charge on any atom is -0.507 e. The van der Waals surface area contributed by atoms with E-state index in [0.29, 0.717) is 98.2 Å². The van der Waals surface area contributed by atoms with E-state index in [2.05, 4.69) is 0 Å². The second-order valence-corrected chi connectivity index (χ2v) is 10.8. The van der Waals surface area contributed by atoms with Gasteiger partial charge in [0.1, 0.15) is 69.7 Å². The van der Waals surface area contributed by atoms with Crippen LogP contribution in [0.25, 0.3) is 44.6 Å². The van der Waals surface area contributed by atoms with Gasteiger partial charge in [-0.1, -0.05) is 12.1 Å². The zero-order valence-corrected chi connectivity index (χ0v) is 26.5. The monoisotopic (exact) mass is 666 g/mol. The summed E-state index contributed by atoms with van der Waals surface area (Å²) in [5.74, 6) is 1.90. The van der Waals surface area contributed by atoms with Crippen LogP contribution in [0.3, 0.4) is 0 Å². The van der Waals surface area contributed by atoms with Crippen LogP contribution in [0.15, 0.2) is 115 Å². The van der Waals surface area contributed by atoms with Crippen molar-refractivity contribution in [1.29, 1.82) is 0 Å². The molecule has 49 heavy (non-hydrogen) atoms. The summed E-state index contributed by atoms with van der Waals surface area (Å²) < 4.78 is 39.7. The van der Waals surface area contributed by atoms with Gasteiger partial charge >= 0.3 is 0 Å². The SMILES string of the molecule is O=c1cc(-c2ccc(OCCOCCOCCOCCOc3ccc(-c4cc(=O)c5c(O)cccc5o4)cc3)cc2)oc2cccc(O)c12. The average molecular weight is 667 g/mol. The Bertz CT molecular complexity index is 1960. The van der Waals surface area contributed by atoms with Crippen LogP contribution in [0.2, 0.25) is 0 Å². The molecule has 6 rings (SSSR count). The number of phenols is 2. The minimum atomic E-state index is -0.310. The van der Waals surface area contributed by atoms with Crippen molar-refractivity contribution in [3.05, 3.63) is 118 Å². The summed E-state index contributed by atoms with van der Waals surface area (Å²) in [6.45, 7) is 3.20. The van der Waals surface area contributed by atoms with Crippen molar-refractivity contribution in [2.24, 2.45) is 0 Å². The van der Waals surface area contributed by atoms with Gasteiger partial charge in [-0.15, -0.1) is 0 Å². The predicted octanol–water partition coefficient (Wildman–Crippen LogP) is 6.15. The van der Waals surface area contributed by atoms with E-state index >= 15 is 0 Å². The van der Waals surface area contributed by atoms with Crippen molar-refractivity contribution in [2.75, 3.05) is 52.9 Å². The average Bonchev–Trinajstić information content (AvgIpc) is 3.10. The largest absolute Gasteiger partial charge is 0.507 e. The van der Waals surface area contributed by atoms with Gasteiger partial charge in [0, 0.05) is 23.3 Å². The first-order valence-corrected chi connectivity index (χ1v) is 15.7. The fraction of sp³-hybridized carbons (Fsp3) is 0.211. The summed E-state index contributed by atoms with van der Waals surface area (Å²) in [7, 11) is 0. The standard InChI is InChI=1S/C38H34O11/c39-29-3-1-5-33-37(29)31(41)23-35(48-33)25-7-11-27(12-8-25)46-21-19-44-17-15-43-16-18-45-20-22-47-28-13-9-26(10-14-28)36-24-32(42)38-30(40)4-2-6-34(38)49-36/h1-14,23-24,39-40H,15-22H2. The number of benzene rings is 4. The fourth-order valence-electron chi connectivity index (χ4n) is 5.08. The van der Waals surface area contributed by atoms with Gasteiger partial charge in [0.15, 0.2) is 10.9 Å². The van der Waals surface area contributed by atoms with Crippen LogP contribution in [0.1, 0.15) is 0 Å². The molecule has 0 amide bonds. The van der Waals surface area contributed by atoms with Crippen molar-refractivity contribution >= 4 is 21.9 Å². The first-order valence-electron chi connectivity index (χ1n) is 15.7. The Kier molecular flexibility index (Phi) is 10.9. The van der Waals surface area contributed by atoms with Crippen LogP contribution in [-0.2, 0) is 14.2 Å². The van der Waals surface area contributed by atoms with Gasteiger partial charge in [-0.25, -0.2) is 0 Å². The number of hydrogen-bond donors (Lipinski definition) is 2. The van der Waals surface area contributed by atoms with Crippen molar-refractivity contribution in [2.45, 2.75) is 0 Å². The topological polar surface area (TPSA) is 147 Å². The Labute approximate surface area is 280 Å². The molecule has 0 radical (unpaired) electrons. The third kappa shape index (κ3) is 8.46. The molecule has 11 nitrogen and oxygen atoms in total. The molecule has 4 aromatic carbocycles. The van der Waals surface area contributed by atoms with E-state index in [1.807, 2.05) is 0 Å². The molecule has 0 saturated heterocycles. The Hall–Kier alpha value is -5.62. The van der Waals surface area contributed by atoms with Gasteiger partial charge in [0.25, 0.3) is 0 Å². The number of phenolic OH excluding ortho intramolecular Hbond substituents is 2. The molecule has 0 fully saturated rings. The molecule has 0 spiro atoms. The maximum atomic E-state index is 12.4. The summed E-state index contributed by atoms with van der Waals surface area (Å²) >= 11 is 0. The molecule has 0 aliphatic heterocycles. The van der Waals surface area contributed by atoms with Gasteiger partial charge < -0.3 is 42.7 Å². The van der Waals surface area contributed by atoms with Gasteiger partial charge in [-0.2, -0.15) is 0 Å². The van der Waals surface area contributed by atoms with Crippen molar-refractivity contribution < 1.29 is 42.7 Å². The maximum Gasteiger partial charge on any atom is 0.197 e. The highest BCUT2D eigenvalue weighted by molar-refractivity contribution is 5.85. The predicted molar refractivity (Wildman–Crippen MR) is 183 cm³/mol. The summed E-state index contributed by atoms with van der Waals surface area (Å²) in [5, 5.41) is 20.2. The Morgan fingerprint density at radius 2 is 0.837 bits per heavy atom. The van der Waals surface area contributed by atoms with Gasteiger partial charge in [0.2, 0.25) is 0 Å². The Morgan fingerprint density at radius 3 is 1.22 bits per heavy atom. The van der Waals surface area contributed by atoms with E-state index < -0.39 is 0 Å². The van der Waals surface area contributed by atoms with Crippen LogP contribution >= 0.6 is 0 Å². The second kappa shape index (κ2) is 16.0. The molecular weight excluding hydrogens is 632 g/mol. The molecule has 2 aromatic heterocycles. The summed E-state index contributed by atoms with van der Waals surface area (Å²) in [6.07, 6.45) is 0. The van der Waals surface area contributed by atoms with E-state index in [-0.39, 0.29) is 33.1 Å². The smallest absolute Gasteiger partial charge is 0.197 e. The molecule has 0 unspecified atom stereocenters. The molecule has 0 bridgehead atoms. The van der Waals surface area contributed by atoms with Crippen molar-refractivity contribution in [3.8, 4) is 45.6 Å². The van der Waals surface area contributed by atoms with E-state index in [9.17, 15) is 19.8 Å². The zero-order valence-electron chi connectivity index (χ0n) is 26.5. The quantitative estimate of drug-likeness (QED) is 0.115. The van der Waals surface area contributed by atoms with E-state index in [0.717, 1.165) is 0 Å². The highest BCUT2D eigenvalue weighted by Crippen LogP contribution is 2.29. The molecule has 0 aliphatic rings. The van der Waals surface area contributed by atoms with Crippen LogP contribution in [-0.4, -0.2) is 63.1 Å². The third-order valence-electron chi connectivity index (χ3n) is 7.48. The number of rotatable bonds is 16. The molecule has 252 valence electrons. The van der Waals surface area contributed by atoms with Crippen LogP contribution in [0.5, 0.6) is 23.0 Å². The summed E-state index contributed by atoms with van der Waals surface area (Å²) in [5.41, 5.74) is 1.45. The fourth-order valence-corrected chi connectivity index (χ4v) is 5.08. The molecule has 6 aromatic rings.